The number of aromatic nitrogens is 1. The number of rotatable bonds is 1. The van der Waals surface area contributed by atoms with Crippen LogP contribution >= 0.6 is 11.6 Å². The molecule has 0 spiro atoms. The minimum Gasteiger partial charge on any atom is -0.410 e. The van der Waals surface area contributed by atoms with E-state index in [1.165, 1.54) is 6.92 Å². The Hall–Kier alpha value is -1.30. The maximum Gasteiger partial charge on any atom is 0.417 e. The quantitative estimate of drug-likeness (QED) is 0.465. The van der Waals surface area contributed by atoms with E-state index in [0.717, 1.165) is 6.07 Å². The molecule has 15 heavy (non-hydrogen) atoms. The van der Waals surface area contributed by atoms with E-state index in [-0.39, 0.29) is 16.4 Å². The van der Waals surface area contributed by atoms with Gasteiger partial charge in [0.25, 0.3) is 0 Å². The lowest BCUT2D eigenvalue weighted by Gasteiger charge is -2.08. The SMILES string of the molecule is Cc1cc(C(F)(F)F)cnc1/C(Cl)=N/O. The summed E-state index contributed by atoms with van der Waals surface area (Å²) in [4.78, 5) is 3.47. The smallest absolute Gasteiger partial charge is 0.410 e. The monoisotopic (exact) mass is 238 g/mol. The van der Waals surface area contributed by atoms with E-state index in [1.807, 2.05) is 0 Å². The summed E-state index contributed by atoms with van der Waals surface area (Å²) in [6.45, 7) is 1.39. The predicted octanol–water partition coefficient (Wildman–Crippen LogP) is 2.78. The van der Waals surface area contributed by atoms with Crippen LogP contribution in [0.25, 0.3) is 0 Å². The van der Waals surface area contributed by atoms with Crippen LogP contribution in [0.4, 0.5) is 13.2 Å². The molecule has 1 rings (SSSR count). The fraction of sp³-hybridized carbons (Fsp3) is 0.250. The Morgan fingerprint density at radius 1 is 1.53 bits per heavy atom. The second kappa shape index (κ2) is 4.06. The van der Waals surface area contributed by atoms with Crippen molar-refractivity contribution in [3.63, 3.8) is 0 Å². The average molecular weight is 239 g/mol. The predicted molar refractivity (Wildman–Crippen MR) is 48.2 cm³/mol. The second-order valence-corrected chi connectivity index (χ2v) is 3.14. The number of nitrogens with zero attached hydrogens (tertiary/aromatic N) is 2. The molecule has 0 aromatic carbocycles. The Balaban J connectivity index is 3.21. The van der Waals surface area contributed by atoms with Crippen molar-refractivity contribution in [3.05, 3.63) is 29.1 Å². The van der Waals surface area contributed by atoms with Gasteiger partial charge < -0.3 is 5.21 Å². The van der Waals surface area contributed by atoms with Gasteiger partial charge in [0.15, 0.2) is 5.17 Å². The zero-order chi connectivity index (χ0) is 11.6. The van der Waals surface area contributed by atoms with E-state index >= 15 is 0 Å². The van der Waals surface area contributed by atoms with Crippen LogP contribution in [-0.2, 0) is 6.18 Å². The van der Waals surface area contributed by atoms with Crippen molar-refractivity contribution in [2.24, 2.45) is 5.16 Å². The van der Waals surface area contributed by atoms with Crippen LogP contribution in [0.1, 0.15) is 16.8 Å². The first-order valence-electron chi connectivity index (χ1n) is 3.78. The number of pyridine rings is 1. The van der Waals surface area contributed by atoms with Crippen molar-refractivity contribution in [2.75, 3.05) is 0 Å². The molecule has 0 aliphatic heterocycles. The average Bonchev–Trinajstić information content (AvgIpc) is 2.15. The van der Waals surface area contributed by atoms with Gasteiger partial charge in [0, 0.05) is 6.20 Å². The molecule has 0 fully saturated rings. The molecule has 3 nitrogen and oxygen atoms in total. The van der Waals surface area contributed by atoms with Crippen LogP contribution in [0, 0.1) is 6.92 Å². The van der Waals surface area contributed by atoms with Crippen molar-refractivity contribution in [3.8, 4) is 0 Å². The summed E-state index contributed by atoms with van der Waals surface area (Å²) in [5.41, 5.74) is -0.661. The molecule has 0 amide bonds. The summed E-state index contributed by atoms with van der Waals surface area (Å²) in [6, 6.07) is 0.885. The highest BCUT2D eigenvalue weighted by Gasteiger charge is 2.31. The van der Waals surface area contributed by atoms with E-state index in [4.69, 9.17) is 16.8 Å². The van der Waals surface area contributed by atoms with Gasteiger partial charge in [0.05, 0.1) is 5.56 Å². The van der Waals surface area contributed by atoms with E-state index in [9.17, 15) is 13.2 Å². The van der Waals surface area contributed by atoms with E-state index < -0.39 is 11.7 Å². The maximum atomic E-state index is 12.2. The molecule has 1 heterocycles. The molecule has 1 aromatic heterocycles. The molecule has 7 heteroatoms. The van der Waals surface area contributed by atoms with Gasteiger partial charge in [-0.05, 0) is 18.6 Å². The molecule has 1 N–H and O–H groups in total. The lowest BCUT2D eigenvalue weighted by atomic mass is 10.1. The first-order chi connectivity index (χ1) is 6.86. The van der Waals surface area contributed by atoms with E-state index in [1.54, 1.807) is 0 Å². The van der Waals surface area contributed by atoms with Gasteiger partial charge in [0.1, 0.15) is 5.69 Å². The second-order valence-electron chi connectivity index (χ2n) is 2.78. The molecule has 0 aliphatic carbocycles. The highest BCUT2D eigenvalue weighted by Crippen LogP contribution is 2.29. The van der Waals surface area contributed by atoms with Crippen LogP contribution in [-0.4, -0.2) is 15.4 Å². The number of hydrogen-bond donors (Lipinski definition) is 1. The van der Waals surface area contributed by atoms with Crippen molar-refractivity contribution in [1.82, 2.24) is 4.98 Å². The van der Waals surface area contributed by atoms with Gasteiger partial charge >= 0.3 is 6.18 Å². The molecule has 0 saturated carbocycles. The number of alkyl halides is 3. The Kier molecular flexibility index (Phi) is 3.18. The molecule has 0 aliphatic rings. The van der Waals surface area contributed by atoms with Gasteiger partial charge in [-0.1, -0.05) is 16.8 Å². The molecule has 1 aromatic rings. The summed E-state index contributed by atoms with van der Waals surface area (Å²) in [5.74, 6) is 0. The van der Waals surface area contributed by atoms with Crippen LogP contribution in [0.2, 0.25) is 0 Å². The standard InChI is InChI=1S/C8H6ClF3N2O/c1-4-2-5(8(10,11)12)3-13-6(4)7(9)14-15/h2-3,15H,1H3/b14-7-. The number of oxime groups is 1. The Bertz CT molecular complexity index is 403. The largest absolute Gasteiger partial charge is 0.417 e. The number of aryl methyl sites for hydroxylation is 1. The van der Waals surface area contributed by atoms with E-state index in [2.05, 4.69) is 10.1 Å². The number of halogens is 4. The molecule has 0 radical (unpaired) electrons. The lowest BCUT2D eigenvalue weighted by molar-refractivity contribution is -0.137. The van der Waals surface area contributed by atoms with Gasteiger partial charge in [0.2, 0.25) is 0 Å². The topological polar surface area (TPSA) is 45.5 Å². The van der Waals surface area contributed by atoms with Crippen molar-refractivity contribution >= 4 is 16.8 Å². The first kappa shape index (κ1) is 11.8. The highest BCUT2D eigenvalue weighted by atomic mass is 35.5. The zero-order valence-corrected chi connectivity index (χ0v) is 8.26. The van der Waals surface area contributed by atoms with Gasteiger partial charge in [-0.3, -0.25) is 4.98 Å². The number of hydrogen-bond acceptors (Lipinski definition) is 3. The summed E-state index contributed by atoms with van der Waals surface area (Å²) in [7, 11) is 0. The highest BCUT2D eigenvalue weighted by molar-refractivity contribution is 6.69. The third-order valence-electron chi connectivity index (χ3n) is 1.69. The van der Waals surface area contributed by atoms with Crippen LogP contribution in [0.15, 0.2) is 17.4 Å². The Morgan fingerprint density at radius 2 is 2.13 bits per heavy atom. The molecule has 0 atom stereocenters. The molecule has 0 unspecified atom stereocenters. The molecular formula is C8H6ClF3N2O. The van der Waals surface area contributed by atoms with Gasteiger partial charge in [-0.15, -0.1) is 0 Å². The Labute approximate surface area is 88.2 Å². The molecule has 0 saturated heterocycles. The fourth-order valence-corrected chi connectivity index (χ4v) is 1.19. The van der Waals surface area contributed by atoms with Crippen LogP contribution in [0.5, 0.6) is 0 Å². The first-order valence-corrected chi connectivity index (χ1v) is 4.16. The minimum absolute atomic E-state index is 0.0205. The molecular weight excluding hydrogens is 233 g/mol. The van der Waals surface area contributed by atoms with Gasteiger partial charge in [-0.2, -0.15) is 13.2 Å². The van der Waals surface area contributed by atoms with E-state index in [0.29, 0.717) is 6.20 Å². The van der Waals surface area contributed by atoms with Crippen molar-refractivity contribution in [1.29, 1.82) is 0 Å². The third-order valence-corrected chi connectivity index (χ3v) is 1.94. The van der Waals surface area contributed by atoms with Crippen molar-refractivity contribution < 1.29 is 18.4 Å². The van der Waals surface area contributed by atoms with Crippen LogP contribution < -0.4 is 0 Å². The molecule has 82 valence electrons. The minimum atomic E-state index is -4.45. The fourth-order valence-electron chi connectivity index (χ4n) is 0.993. The summed E-state index contributed by atoms with van der Waals surface area (Å²) in [6.07, 6.45) is -3.81. The summed E-state index contributed by atoms with van der Waals surface area (Å²) >= 11 is 5.42. The third kappa shape index (κ3) is 2.59. The van der Waals surface area contributed by atoms with Crippen molar-refractivity contribution in [2.45, 2.75) is 13.1 Å². The zero-order valence-electron chi connectivity index (χ0n) is 7.51. The summed E-state index contributed by atoms with van der Waals surface area (Å²) < 4.78 is 36.7. The molecule has 0 bridgehead atoms. The van der Waals surface area contributed by atoms with Gasteiger partial charge in [-0.25, -0.2) is 0 Å². The summed E-state index contributed by atoms with van der Waals surface area (Å²) in [5, 5.41) is 10.6. The normalized spacial score (nSPS) is 13.0. The maximum absolute atomic E-state index is 12.2. The lowest BCUT2D eigenvalue weighted by Crippen LogP contribution is -2.08. The van der Waals surface area contributed by atoms with Crippen LogP contribution in [0.3, 0.4) is 0 Å². The Morgan fingerprint density at radius 3 is 2.53 bits per heavy atom.